The third-order valence-corrected chi connectivity index (χ3v) is 5.16. The monoisotopic (exact) mass is 398 g/mol. The fourth-order valence-electron chi connectivity index (χ4n) is 2.38. The van der Waals surface area contributed by atoms with Gasteiger partial charge < -0.3 is 4.74 Å². The normalized spacial score (nSPS) is 10.6. The van der Waals surface area contributed by atoms with Crippen molar-refractivity contribution < 1.29 is 9.53 Å². The molecule has 0 radical (unpaired) electrons. The summed E-state index contributed by atoms with van der Waals surface area (Å²) in [5.74, 6) is 1.82. The molecule has 0 fully saturated rings. The number of aromatic nitrogens is 2. The Labute approximate surface area is 168 Å². The van der Waals surface area contributed by atoms with E-state index in [0.717, 1.165) is 22.7 Å². The predicted octanol–water partition coefficient (Wildman–Crippen LogP) is 5.98. The number of halogens is 1. The average molecular weight is 399 g/mol. The van der Waals surface area contributed by atoms with Gasteiger partial charge in [0.2, 0.25) is 5.88 Å². The number of benzene rings is 2. The van der Waals surface area contributed by atoms with Crippen molar-refractivity contribution >= 4 is 29.1 Å². The molecule has 138 valence electrons. The van der Waals surface area contributed by atoms with Crippen LogP contribution in [0.4, 0.5) is 0 Å². The molecule has 0 aliphatic rings. The molecule has 4 nitrogen and oxygen atoms in total. The largest absolute Gasteiger partial charge is 0.439 e. The first-order valence-electron chi connectivity index (χ1n) is 8.58. The van der Waals surface area contributed by atoms with E-state index < -0.39 is 0 Å². The zero-order valence-corrected chi connectivity index (χ0v) is 16.7. The fraction of sp³-hybridized carbons (Fsp3) is 0.190. The zero-order chi connectivity index (χ0) is 19.2. The lowest BCUT2D eigenvalue weighted by atomic mass is 10.1. The van der Waals surface area contributed by atoms with E-state index in [9.17, 15) is 4.79 Å². The Kier molecular flexibility index (Phi) is 6.48. The molecule has 0 saturated heterocycles. The van der Waals surface area contributed by atoms with Crippen LogP contribution in [0, 0.1) is 0 Å². The van der Waals surface area contributed by atoms with Crippen LogP contribution in [0.25, 0.3) is 0 Å². The number of Topliss-reactive ketones (excluding diaryl/α,β-unsaturated/α-hetero) is 1. The molecule has 6 heteroatoms. The van der Waals surface area contributed by atoms with Crippen LogP contribution in [-0.4, -0.2) is 15.8 Å². The van der Waals surface area contributed by atoms with Crippen LogP contribution in [0.1, 0.15) is 35.5 Å². The Morgan fingerprint density at radius 2 is 1.85 bits per heavy atom. The number of hydrogen-bond acceptors (Lipinski definition) is 5. The Hall–Kier alpha value is -2.37. The molecular formula is C21H19ClN2O2S. The second-order valence-electron chi connectivity index (χ2n) is 5.90. The van der Waals surface area contributed by atoms with Crippen molar-refractivity contribution in [1.29, 1.82) is 0 Å². The molecule has 3 aromatic rings. The molecular weight excluding hydrogens is 380 g/mol. The van der Waals surface area contributed by atoms with Crippen molar-refractivity contribution in [3.05, 3.63) is 76.4 Å². The third kappa shape index (κ3) is 5.31. The summed E-state index contributed by atoms with van der Waals surface area (Å²) in [6, 6.07) is 16.6. The van der Waals surface area contributed by atoms with E-state index in [2.05, 4.69) is 9.97 Å². The second-order valence-corrected chi connectivity index (χ2v) is 7.25. The quantitative estimate of drug-likeness (QED) is 0.278. The van der Waals surface area contributed by atoms with E-state index in [4.69, 9.17) is 16.3 Å². The van der Waals surface area contributed by atoms with Gasteiger partial charge in [-0.2, -0.15) is 4.98 Å². The number of nitrogens with zero attached hydrogens (tertiary/aromatic N) is 2. The SMILES string of the molecule is CCc1cc(Oc2ccc(C(C)=O)cc2)nc(SCc2ccccc2Cl)n1. The molecule has 0 unspecified atom stereocenters. The highest BCUT2D eigenvalue weighted by atomic mass is 35.5. The molecule has 1 heterocycles. The Morgan fingerprint density at radius 3 is 2.52 bits per heavy atom. The number of thioether (sulfide) groups is 1. The summed E-state index contributed by atoms with van der Waals surface area (Å²) in [7, 11) is 0. The lowest BCUT2D eigenvalue weighted by Gasteiger charge is -2.09. The predicted molar refractivity (Wildman–Crippen MR) is 109 cm³/mol. The van der Waals surface area contributed by atoms with Gasteiger partial charge in [-0.3, -0.25) is 4.79 Å². The molecule has 27 heavy (non-hydrogen) atoms. The number of ketones is 1. The average Bonchev–Trinajstić information content (AvgIpc) is 2.67. The van der Waals surface area contributed by atoms with Crippen LogP contribution in [0.3, 0.4) is 0 Å². The van der Waals surface area contributed by atoms with E-state index in [0.29, 0.717) is 28.1 Å². The van der Waals surface area contributed by atoms with Gasteiger partial charge in [-0.1, -0.05) is 48.5 Å². The summed E-state index contributed by atoms with van der Waals surface area (Å²) < 4.78 is 5.87. The van der Waals surface area contributed by atoms with Gasteiger partial charge in [0.1, 0.15) is 5.75 Å². The van der Waals surface area contributed by atoms with Gasteiger partial charge in [0.25, 0.3) is 0 Å². The highest BCUT2D eigenvalue weighted by molar-refractivity contribution is 7.98. The van der Waals surface area contributed by atoms with Gasteiger partial charge in [-0.15, -0.1) is 0 Å². The molecule has 3 rings (SSSR count). The highest BCUT2D eigenvalue weighted by Gasteiger charge is 2.09. The number of rotatable bonds is 7. The number of carbonyl (C=O) groups excluding carboxylic acids is 1. The minimum absolute atomic E-state index is 0.0233. The molecule has 0 bridgehead atoms. The zero-order valence-electron chi connectivity index (χ0n) is 15.1. The van der Waals surface area contributed by atoms with E-state index in [-0.39, 0.29) is 5.78 Å². The van der Waals surface area contributed by atoms with Crippen molar-refractivity contribution in [2.75, 3.05) is 0 Å². The van der Waals surface area contributed by atoms with Crippen LogP contribution in [-0.2, 0) is 12.2 Å². The second kappa shape index (κ2) is 9.02. The minimum atomic E-state index is 0.0233. The third-order valence-electron chi connectivity index (χ3n) is 3.90. The summed E-state index contributed by atoms with van der Waals surface area (Å²) in [5, 5.41) is 1.38. The van der Waals surface area contributed by atoms with Crippen LogP contribution in [0.15, 0.2) is 59.8 Å². The molecule has 0 N–H and O–H groups in total. The van der Waals surface area contributed by atoms with Crippen molar-refractivity contribution in [2.45, 2.75) is 31.2 Å². The number of carbonyl (C=O) groups is 1. The van der Waals surface area contributed by atoms with Crippen molar-refractivity contribution in [2.24, 2.45) is 0 Å². The van der Waals surface area contributed by atoms with Gasteiger partial charge in [0.05, 0.1) is 0 Å². The summed E-state index contributed by atoms with van der Waals surface area (Å²) in [6.07, 6.45) is 0.780. The van der Waals surface area contributed by atoms with E-state index in [1.165, 1.54) is 18.7 Å². The fourth-order valence-corrected chi connectivity index (χ4v) is 3.54. The molecule has 0 aliphatic carbocycles. The van der Waals surface area contributed by atoms with Gasteiger partial charge >= 0.3 is 0 Å². The Bertz CT molecular complexity index is 945. The first kappa shape index (κ1) is 19.4. The maximum absolute atomic E-state index is 11.4. The summed E-state index contributed by atoms with van der Waals surface area (Å²) in [5.41, 5.74) is 2.59. The van der Waals surface area contributed by atoms with Gasteiger partial charge in [-0.05, 0) is 49.2 Å². The van der Waals surface area contributed by atoms with Crippen molar-refractivity contribution in [3.8, 4) is 11.6 Å². The first-order valence-corrected chi connectivity index (χ1v) is 9.94. The highest BCUT2D eigenvalue weighted by Crippen LogP contribution is 2.27. The standard InChI is InChI=1S/C21H19ClN2O2S/c1-3-17-12-20(26-18-10-8-15(9-11-18)14(2)25)24-21(23-17)27-13-16-6-4-5-7-19(16)22/h4-12H,3,13H2,1-2H3. The maximum atomic E-state index is 11.4. The summed E-state index contributed by atoms with van der Waals surface area (Å²) in [6.45, 7) is 3.58. The number of ether oxygens (including phenoxy) is 1. The van der Waals surface area contributed by atoms with Crippen molar-refractivity contribution in [3.63, 3.8) is 0 Å². The molecule has 0 saturated carbocycles. The summed E-state index contributed by atoms with van der Waals surface area (Å²) >= 11 is 7.74. The molecule has 0 aliphatic heterocycles. The van der Waals surface area contributed by atoms with E-state index in [1.54, 1.807) is 24.3 Å². The van der Waals surface area contributed by atoms with Gasteiger partial charge in [0.15, 0.2) is 10.9 Å². The minimum Gasteiger partial charge on any atom is -0.439 e. The molecule has 1 aromatic heterocycles. The van der Waals surface area contributed by atoms with Gasteiger partial charge in [-0.25, -0.2) is 4.98 Å². The van der Waals surface area contributed by atoms with E-state index >= 15 is 0 Å². The Morgan fingerprint density at radius 1 is 1.11 bits per heavy atom. The molecule has 0 atom stereocenters. The lowest BCUT2D eigenvalue weighted by Crippen LogP contribution is -1.98. The molecule has 0 amide bonds. The van der Waals surface area contributed by atoms with Crippen molar-refractivity contribution in [1.82, 2.24) is 9.97 Å². The van der Waals surface area contributed by atoms with Crippen LogP contribution in [0.2, 0.25) is 5.02 Å². The topological polar surface area (TPSA) is 52.1 Å². The lowest BCUT2D eigenvalue weighted by molar-refractivity contribution is 0.101. The van der Waals surface area contributed by atoms with E-state index in [1.807, 2.05) is 37.3 Å². The maximum Gasteiger partial charge on any atom is 0.223 e. The van der Waals surface area contributed by atoms with Crippen LogP contribution >= 0.6 is 23.4 Å². The number of hydrogen-bond donors (Lipinski definition) is 0. The van der Waals surface area contributed by atoms with Crippen LogP contribution in [0.5, 0.6) is 11.6 Å². The molecule has 2 aromatic carbocycles. The first-order chi connectivity index (χ1) is 13.0. The number of aryl methyl sites for hydroxylation is 1. The smallest absolute Gasteiger partial charge is 0.223 e. The Balaban J connectivity index is 1.76. The molecule has 0 spiro atoms. The summed E-state index contributed by atoms with van der Waals surface area (Å²) in [4.78, 5) is 20.4. The van der Waals surface area contributed by atoms with Gasteiger partial charge in [0, 0.05) is 28.1 Å². The van der Waals surface area contributed by atoms with Crippen LogP contribution < -0.4 is 4.74 Å².